The molecule has 8 aromatic rings. The Labute approximate surface area is 262 Å². The predicted molar refractivity (Wildman–Crippen MR) is 178 cm³/mol. The summed E-state index contributed by atoms with van der Waals surface area (Å²) < 4.78 is 1.42. The van der Waals surface area contributed by atoms with E-state index in [0.717, 1.165) is 0 Å². The second kappa shape index (κ2) is 13.5. The van der Waals surface area contributed by atoms with Crippen LogP contribution in [0.5, 0.6) is 0 Å². The molecule has 0 fully saturated rings. The summed E-state index contributed by atoms with van der Waals surface area (Å²) in [6.45, 7) is 0. The van der Waals surface area contributed by atoms with E-state index in [0.29, 0.717) is 0 Å². The molecule has 0 unspecified atom stereocenters. The Morgan fingerprint density at radius 2 is 0.929 bits per heavy atom. The fourth-order valence-corrected chi connectivity index (χ4v) is 6.04. The molecule has 8 rings (SSSR count). The first-order valence-electron chi connectivity index (χ1n) is 14.2. The zero-order chi connectivity index (χ0) is 28.6. The summed E-state index contributed by atoms with van der Waals surface area (Å²) in [5, 5.41) is 8.02. The summed E-state index contributed by atoms with van der Waals surface area (Å²) in [7, 11) is 0. The summed E-state index contributed by atoms with van der Waals surface area (Å²) in [5.41, 5.74) is 5.23. The van der Waals surface area contributed by atoms with Gasteiger partial charge in [-0.25, -0.2) is 0 Å². The first kappa shape index (κ1) is 27.7. The van der Waals surface area contributed by atoms with E-state index in [1.54, 1.807) is 0 Å². The van der Waals surface area contributed by atoms with Crippen molar-refractivity contribution in [3.05, 3.63) is 193 Å². The van der Waals surface area contributed by atoms with E-state index >= 15 is 0 Å². The van der Waals surface area contributed by atoms with Crippen molar-refractivity contribution in [1.82, 2.24) is 0 Å². The minimum absolute atomic E-state index is 1.28. The van der Waals surface area contributed by atoms with Crippen molar-refractivity contribution in [2.45, 2.75) is 0 Å². The first-order chi connectivity index (χ1) is 20.8. The van der Waals surface area contributed by atoms with Crippen LogP contribution < -0.4 is 0 Å². The molecular weight excluding hydrogens is 584 g/mol. The van der Waals surface area contributed by atoms with E-state index in [9.17, 15) is 0 Å². The van der Waals surface area contributed by atoms with Gasteiger partial charge in [0.1, 0.15) is 0 Å². The molecule has 0 aromatic heterocycles. The summed E-state index contributed by atoms with van der Waals surface area (Å²) >= 11 is 1.46. The Morgan fingerprint density at radius 1 is 0.429 bits per heavy atom. The number of benzene rings is 6. The van der Waals surface area contributed by atoms with Crippen LogP contribution in [-0.2, 0) is 24.2 Å². The normalized spacial score (nSPS) is 10.5. The molecule has 0 aliphatic carbocycles. The van der Waals surface area contributed by atoms with E-state index in [4.69, 9.17) is 0 Å². The van der Waals surface area contributed by atoms with Crippen molar-refractivity contribution < 1.29 is 24.2 Å². The van der Waals surface area contributed by atoms with Gasteiger partial charge in [0, 0.05) is 0 Å². The smallest absolute Gasteiger partial charge is 0.0200 e. The van der Waals surface area contributed by atoms with Gasteiger partial charge in [-0.15, -0.1) is 57.3 Å². The van der Waals surface area contributed by atoms with Crippen LogP contribution in [0.2, 0.25) is 0 Å². The predicted octanol–water partition coefficient (Wildman–Crippen LogP) is 10.7. The summed E-state index contributed by atoms with van der Waals surface area (Å²) in [6.07, 6.45) is 0. The Kier molecular flexibility index (Phi) is 8.89. The maximum Gasteiger partial charge on any atom is -0.0200 e. The fraction of sp³-hybridized carbons (Fsp3) is 0. The van der Waals surface area contributed by atoms with Gasteiger partial charge in [-0.3, -0.25) is 0 Å². The third-order valence-corrected chi connectivity index (χ3v) is 8.81. The Morgan fingerprint density at radius 3 is 1.50 bits per heavy atom. The van der Waals surface area contributed by atoms with Crippen molar-refractivity contribution in [2.75, 3.05) is 0 Å². The van der Waals surface area contributed by atoms with Crippen LogP contribution in [-0.4, -0.2) is 3.21 Å². The van der Waals surface area contributed by atoms with Crippen LogP contribution in [0.4, 0.5) is 0 Å². The Hall–Kier alpha value is -4.45. The average Bonchev–Trinajstić information content (AvgIpc) is 3.71. The van der Waals surface area contributed by atoms with Gasteiger partial charge in [-0.05, 0) is 11.1 Å². The summed E-state index contributed by atoms with van der Waals surface area (Å²) in [6, 6.07) is 63.8. The molecule has 0 heterocycles. The summed E-state index contributed by atoms with van der Waals surface area (Å²) in [5.74, 6) is 0. The molecule has 1 heteroatoms. The van der Waals surface area contributed by atoms with Crippen LogP contribution in [0.3, 0.4) is 0 Å². The molecular formula is C41H30Zr. The third kappa shape index (κ3) is 6.54. The van der Waals surface area contributed by atoms with Gasteiger partial charge in [-0.2, -0.15) is 17.5 Å². The summed E-state index contributed by atoms with van der Waals surface area (Å²) in [4.78, 5) is 0. The molecule has 0 saturated carbocycles. The van der Waals surface area contributed by atoms with Crippen molar-refractivity contribution >= 4 is 35.5 Å². The molecule has 0 spiro atoms. The van der Waals surface area contributed by atoms with Crippen LogP contribution in [0.1, 0.15) is 11.1 Å². The molecule has 0 aliphatic rings. The minimum atomic E-state index is 1.28. The molecule has 0 saturated heterocycles. The van der Waals surface area contributed by atoms with Gasteiger partial charge in [-0.1, -0.05) is 78.9 Å². The molecule has 0 N–H and O–H groups in total. The largest absolute Gasteiger partial charge is 0.168 e. The Bertz CT molecular complexity index is 1940. The van der Waals surface area contributed by atoms with Crippen molar-refractivity contribution in [3.63, 3.8) is 0 Å². The molecule has 0 radical (unpaired) electrons. The quantitative estimate of drug-likeness (QED) is 0.174. The topological polar surface area (TPSA) is 0 Å². The molecule has 198 valence electrons. The van der Waals surface area contributed by atoms with Crippen molar-refractivity contribution in [3.8, 4) is 11.1 Å². The van der Waals surface area contributed by atoms with Crippen LogP contribution in [0.25, 0.3) is 43.4 Å². The standard InChI is InChI=1S/C15H11.C13H9.C13H10.Zr/c1-2-5-12(6-3-1)15-10-9-13-7-4-8-14(13)11-15;1-3-7-12-10(5-1)9-11-6-2-4-8-13(11)12;1-3-7-12(8-4-1)11-13-9-5-2-6-10-13;/h1-11H;1-9H;1-10H;/q2*-1;;+2. The number of hydrogen-bond donors (Lipinski definition) is 0. The van der Waals surface area contributed by atoms with E-state index in [-0.39, 0.29) is 0 Å². The second-order valence-corrected chi connectivity index (χ2v) is 11.4. The van der Waals surface area contributed by atoms with E-state index in [1.807, 2.05) is 6.07 Å². The first-order valence-corrected chi connectivity index (χ1v) is 15.4. The second-order valence-electron chi connectivity index (χ2n) is 10.2. The molecule has 0 atom stereocenters. The van der Waals surface area contributed by atoms with Gasteiger partial charge < -0.3 is 0 Å². The Balaban J connectivity index is 0.000000113. The molecule has 8 aromatic carbocycles. The fourth-order valence-electron chi connectivity index (χ4n) is 5.22. The van der Waals surface area contributed by atoms with E-state index in [2.05, 4.69) is 176 Å². The SMILES string of the molecule is [Zr+2]=[C](c1ccccc1)c1ccccc1.c1ccc(-c2ccc3[cH-]ccc3c2)cc1.c1ccc2c(c1)[cH-]c1ccccc12. The molecule has 0 amide bonds. The minimum Gasteiger partial charge on any atom is -0.168 e. The maximum atomic E-state index is 2.24. The van der Waals surface area contributed by atoms with Crippen molar-refractivity contribution in [2.24, 2.45) is 0 Å². The van der Waals surface area contributed by atoms with Gasteiger partial charge in [0.25, 0.3) is 0 Å². The monoisotopic (exact) mass is 612 g/mol. The molecule has 0 aliphatic heterocycles. The molecule has 0 nitrogen and oxygen atoms in total. The maximum absolute atomic E-state index is 2.24. The third-order valence-electron chi connectivity index (χ3n) is 7.39. The zero-order valence-electron chi connectivity index (χ0n) is 23.3. The number of rotatable bonds is 3. The average molecular weight is 614 g/mol. The van der Waals surface area contributed by atoms with Gasteiger partial charge in [0.05, 0.1) is 0 Å². The van der Waals surface area contributed by atoms with E-state index in [1.165, 1.54) is 82.0 Å². The molecule has 42 heavy (non-hydrogen) atoms. The number of hydrogen-bond acceptors (Lipinski definition) is 0. The van der Waals surface area contributed by atoms with Crippen LogP contribution >= 0.6 is 0 Å². The molecule has 0 bridgehead atoms. The number of fused-ring (bicyclic) bond motifs is 4. The zero-order valence-corrected chi connectivity index (χ0v) is 25.8. The van der Waals surface area contributed by atoms with Crippen LogP contribution in [0.15, 0.2) is 182 Å². The van der Waals surface area contributed by atoms with Crippen molar-refractivity contribution in [1.29, 1.82) is 0 Å². The van der Waals surface area contributed by atoms with E-state index < -0.39 is 0 Å². The van der Waals surface area contributed by atoms with Gasteiger partial charge >= 0.3 is 99.2 Å². The van der Waals surface area contributed by atoms with Crippen LogP contribution in [0, 0.1) is 0 Å². The van der Waals surface area contributed by atoms with Gasteiger partial charge in [0.2, 0.25) is 0 Å². The van der Waals surface area contributed by atoms with Gasteiger partial charge in [0.15, 0.2) is 0 Å².